The predicted octanol–water partition coefficient (Wildman–Crippen LogP) is 2.92. The molecule has 0 spiro atoms. The Morgan fingerprint density at radius 1 is 1.22 bits per heavy atom. The van der Waals surface area contributed by atoms with Crippen LogP contribution < -0.4 is 15.5 Å². The summed E-state index contributed by atoms with van der Waals surface area (Å²) in [7, 11) is 3.47. The second-order valence-corrected chi connectivity index (χ2v) is 5.70. The first-order valence-electron chi connectivity index (χ1n) is 8.43. The molecule has 0 fully saturated rings. The number of anilines is 2. The molecular weight excluding hydrogens is 346 g/mol. The van der Waals surface area contributed by atoms with Gasteiger partial charge in [-0.3, -0.25) is 19.3 Å². The minimum atomic E-state index is -0.380. The first-order chi connectivity index (χ1) is 13.1. The van der Waals surface area contributed by atoms with Crippen molar-refractivity contribution in [2.45, 2.75) is 6.92 Å². The number of pyridine rings is 1. The normalized spacial score (nSPS) is 10.5. The van der Waals surface area contributed by atoms with Crippen LogP contribution in [0.5, 0.6) is 5.75 Å². The van der Waals surface area contributed by atoms with E-state index in [1.165, 1.54) is 6.20 Å². The molecule has 0 aliphatic heterocycles. The second kappa shape index (κ2) is 8.33. The highest BCUT2D eigenvalue weighted by molar-refractivity contribution is 5.99. The molecular formula is C19H21N5O3. The lowest BCUT2D eigenvalue weighted by Gasteiger charge is -2.16. The maximum absolute atomic E-state index is 12.3. The molecule has 0 radical (unpaired) electrons. The van der Waals surface area contributed by atoms with Gasteiger partial charge in [-0.2, -0.15) is 5.10 Å². The summed E-state index contributed by atoms with van der Waals surface area (Å²) in [5.41, 5.74) is 5.87. The van der Waals surface area contributed by atoms with E-state index < -0.39 is 0 Å². The molecule has 1 amide bonds. The zero-order valence-electron chi connectivity index (χ0n) is 15.4. The highest BCUT2D eigenvalue weighted by Crippen LogP contribution is 2.38. The van der Waals surface area contributed by atoms with Gasteiger partial charge in [0, 0.05) is 36.8 Å². The van der Waals surface area contributed by atoms with Crippen molar-refractivity contribution in [1.82, 2.24) is 20.2 Å². The fraction of sp³-hybridized carbons (Fsp3) is 0.211. The summed E-state index contributed by atoms with van der Waals surface area (Å²) >= 11 is 0. The van der Waals surface area contributed by atoms with Crippen molar-refractivity contribution in [2.75, 3.05) is 19.0 Å². The van der Waals surface area contributed by atoms with Crippen molar-refractivity contribution in [3.05, 3.63) is 54.6 Å². The highest BCUT2D eigenvalue weighted by atomic mass is 16.6. The number of nitrogens with one attached hydrogen (secondary N) is 2. The molecule has 0 saturated heterocycles. The summed E-state index contributed by atoms with van der Waals surface area (Å²) < 4.78 is 7.37. The van der Waals surface area contributed by atoms with Crippen molar-refractivity contribution in [3.8, 4) is 16.9 Å². The Morgan fingerprint density at radius 3 is 2.78 bits per heavy atom. The molecule has 140 valence electrons. The minimum Gasteiger partial charge on any atom is -0.494 e. The number of amides is 1. The second-order valence-electron chi connectivity index (χ2n) is 5.70. The van der Waals surface area contributed by atoms with Gasteiger partial charge in [-0.25, -0.2) is 5.48 Å². The molecule has 2 aromatic heterocycles. The molecule has 8 nitrogen and oxygen atoms in total. The number of benzene rings is 1. The molecule has 0 unspecified atom stereocenters. The first-order valence-corrected chi connectivity index (χ1v) is 8.43. The number of ether oxygens (including phenoxy) is 1. The molecule has 0 aliphatic rings. The van der Waals surface area contributed by atoms with Crippen molar-refractivity contribution in [2.24, 2.45) is 7.05 Å². The molecule has 2 N–H and O–H groups in total. The molecule has 2 heterocycles. The largest absolute Gasteiger partial charge is 0.494 e. The lowest BCUT2D eigenvalue weighted by atomic mass is 10.1. The van der Waals surface area contributed by atoms with Gasteiger partial charge < -0.3 is 10.1 Å². The molecule has 8 heteroatoms. The van der Waals surface area contributed by atoms with Gasteiger partial charge in [-0.05, 0) is 19.1 Å². The number of hydrogen-bond acceptors (Lipinski definition) is 6. The number of para-hydroxylation sites is 1. The van der Waals surface area contributed by atoms with Gasteiger partial charge in [-0.1, -0.05) is 12.1 Å². The van der Waals surface area contributed by atoms with E-state index in [0.717, 1.165) is 16.8 Å². The van der Waals surface area contributed by atoms with Crippen LogP contribution >= 0.6 is 0 Å². The number of methoxy groups -OCH3 is 1. The van der Waals surface area contributed by atoms with Crippen LogP contribution in [0.25, 0.3) is 11.1 Å². The van der Waals surface area contributed by atoms with Crippen LogP contribution in [-0.4, -0.2) is 34.4 Å². The van der Waals surface area contributed by atoms with E-state index in [2.05, 4.69) is 20.9 Å². The molecule has 3 aromatic rings. The Kier molecular flexibility index (Phi) is 5.68. The topological polar surface area (TPSA) is 90.3 Å². The van der Waals surface area contributed by atoms with Crippen molar-refractivity contribution < 1.29 is 14.4 Å². The van der Waals surface area contributed by atoms with Crippen LogP contribution in [0.15, 0.2) is 49.1 Å². The summed E-state index contributed by atoms with van der Waals surface area (Å²) in [5.74, 6) is 0.272. The van der Waals surface area contributed by atoms with E-state index in [-0.39, 0.29) is 5.91 Å². The number of aryl methyl sites for hydroxylation is 1. The van der Waals surface area contributed by atoms with Crippen LogP contribution in [0, 0.1) is 0 Å². The number of rotatable bonds is 7. The van der Waals surface area contributed by atoms with E-state index in [4.69, 9.17) is 9.57 Å². The number of aromatic nitrogens is 3. The number of hydrogen-bond donors (Lipinski definition) is 2. The van der Waals surface area contributed by atoms with E-state index in [0.29, 0.717) is 23.6 Å². The van der Waals surface area contributed by atoms with E-state index in [1.807, 2.05) is 31.4 Å². The molecule has 3 rings (SSSR count). The van der Waals surface area contributed by atoms with Crippen LogP contribution in [0.2, 0.25) is 0 Å². The Labute approximate surface area is 157 Å². The highest BCUT2D eigenvalue weighted by Gasteiger charge is 2.16. The Morgan fingerprint density at radius 2 is 2.07 bits per heavy atom. The van der Waals surface area contributed by atoms with Crippen LogP contribution in [-0.2, 0) is 11.9 Å². The van der Waals surface area contributed by atoms with E-state index in [1.54, 1.807) is 37.2 Å². The molecule has 0 saturated carbocycles. The lowest BCUT2D eigenvalue weighted by molar-refractivity contribution is 0.0365. The van der Waals surface area contributed by atoms with Gasteiger partial charge in [0.25, 0.3) is 5.91 Å². The average Bonchev–Trinajstić information content (AvgIpc) is 3.12. The van der Waals surface area contributed by atoms with Crippen LogP contribution in [0.3, 0.4) is 0 Å². The minimum absolute atomic E-state index is 0.361. The average molecular weight is 367 g/mol. The predicted molar refractivity (Wildman–Crippen MR) is 102 cm³/mol. The van der Waals surface area contributed by atoms with Crippen LogP contribution in [0.4, 0.5) is 11.4 Å². The summed E-state index contributed by atoms with van der Waals surface area (Å²) in [6, 6.07) is 7.46. The summed E-state index contributed by atoms with van der Waals surface area (Å²) in [4.78, 5) is 21.3. The quantitative estimate of drug-likeness (QED) is 0.624. The third kappa shape index (κ3) is 4.06. The molecule has 0 atom stereocenters. The molecule has 27 heavy (non-hydrogen) atoms. The van der Waals surface area contributed by atoms with Crippen molar-refractivity contribution in [1.29, 1.82) is 0 Å². The fourth-order valence-corrected chi connectivity index (χ4v) is 2.67. The molecule has 0 aliphatic carbocycles. The van der Waals surface area contributed by atoms with Crippen molar-refractivity contribution >= 4 is 17.3 Å². The van der Waals surface area contributed by atoms with Gasteiger partial charge >= 0.3 is 0 Å². The standard InChI is InChI=1S/C19H21N5O3/c1-4-27-23-19(25)15-11-20-9-8-16(15)22-17-7-5-6-14(18(17)26-3)13-10-21-24(2)12-13/h5-12H,4H2,1-3H3,(H,20,22)(H,23,25). The third-order valence-corrected chi connectivity index (χ3v) is 3.88. The number of nitrogens with zero attached hydrogens (tertiary/aromatic N) is 3. The van der Waals surface area contributed by atoms with Crippen LogP contribution in [0.1, 0.15) is 17.3 Å². The zero-order valence-corrected chi connectivity index (χ0v) is 15.4. The zero-order chi connectivity index (χ0) is 19.2. The maximum atomic E-state index is 12.3. The van der Waals surface area contributed by atoms with Gasteiger partial charge in [0.15, 0.2) is 0 Å². The Balaban J connectivity index is 1.96. The van der Waals surface area contributed by atoms with E-state index >= 15 is 0 Å². The van der Waals surface area contributed by atoms with Gasteiger partial charge in [0.2, 0.25) is 0 Å². The molecule has 0 bridgehead atoms. The SMILES string of the molecule is CCONC(=O)c1cnccc1Nc1cccc(-c2cnn(C)c2)c1OC. The number of carbonyl (C=O) groups is 1. The Bertz CT molecular complexity index is 939. The van der Waals surface area contributed by atoms with Gasteiger partial charge in [0.1, 0.15) is 5.75 Å². The fourth-order valence-electron chi connectivity index (χ4n) is 2.67. The summed E-state index contributed by atoms with van der Waals surface area (Å²) in [6.45, 7) is 2.16. The Hall–Kier alpha value is -3.39. The van der Waals surface area contributed by atoms with Gasteiger partial charge in [-0.15, -0.1) is 0 Å². The van der Waals surface area contributed by atoms with Gasteiger partial charge in [0.05, 0.1) is 36.9 Å². The molecule has 1 aromatic carbocycles. The summed E-state index contributed by atoms with van der Waals surface area (Å²) in [6.07, 6.45) is 6.77. The monoisotopic (exact) mass is 367 g/mol. The summed E-state index contributed by atoms with van der Waals surface area (Å²) in [5, 5.41) is 7.47. The third-order valence-electron chi connectivity index (χ3n) is 3.88. The smallest absolute Gasteiger partial charge is 0.278 e. The first kappa shape index (κ1) is 18.4. The van der Waals surface area contributed by atoms with Crippen molar-refractivity contribution in [3.63, 3.8) is 0 Å². The maximum Gasteiger partial charge on any atom is 0.278 e. The number of carbonyl (C=O) groups excluding carboxylic acids is 1. The lowest BCUT2D eigenvalue weighted by Crippen LogP contribution is -2.24. The van der Waals surface area contributed by atoms with E-state index in [9.17, 15) is 4.79 Å². The number of hydroxylamine groups is 1.